The van der Waals surface area contributed by atoms with Gasteiger partial charge in [-0.25, -0.2) is 0 Å². The fourth-order valence-corrected chi connectivity index (χ4v) is 1.38. The van der Waals surface area contributed by atoms with E-state index in [4.69, 9.17) is 10.5 Å². The highest BCUT2D eigenvalue weighted by Gasteiger charge is 2.18. The zero-order chi connectivity index (χ0) is 9.10. The van der Waals surface area contributed by atoms with Gasteiger partial charge < -0.3 is 10.5 Å². The van der Waals surface area contributed by atoms with Crippen molar-refractivity contribution >= 4 is 5.69 Å². The molecule has 1 saturated carbocycles. The van der Waals surface area contributed by atoms with Gasteiger partial charge in [0, 0.05) is 6.20 Å². The lowest BCUT2D eigenvalue weighted by Gasteiger charge is -2.25. The Labute approximate surface area is 77.9 Å². The summed E-state index contributed by atoms with van der Waals surface area (Å²) in [6.07, 6.45) is 7.27. The van der Waals surface area contributed by atoms with E-state index in [1.165, 1.54) is 19.3 Å². The molecule has 2 rings (SSSR count). The van der Waals surface area contributed by atoms with Crippen molar-refractivity contribution in [3.05, 3.63) is 18.5 Å². The fraction of sp³-hybridized carbons (Fsp3) is 0.500. The molecule has 0 amide bonds. The van der Waals surface area contributed by atoms with Crippen LogP contribution in [0, 0.1) is 5.92 Å². The minimum Gasteiger partial charge on any atom is -0.490 e. The monoisotopic (exact) mass is 178 g/mol. The number of nitrogen functional groups attached to an aromatic ring is 1. The van der Waals surface area contributed by atoms with Crippen molar-refractivity contribution in [3.63, 3.8) is 0 Å². The van der Waals surface area contributed by atoms with E-state index in [0.29, 0.717) is 5.69 Å². The van der Waals surface area contributed by atoms with Gasteiger partial charge in [-0.1, -0.05) is 6.42 Å². The van der Waals surface area contributed by atoms with E-state index >= 15 is 0 Å². The van der Waals surface area contributed by atoms with Gasteiger partial charge in [0.25, 0.3) is 0 Å². The second-order valence-electron chi connectivity index (χ2n) is 3.52. The van der Waals surface area contributed by atoms with Crippen LogP contribution in [0.3, 0.4) is 0 Å². The lowest BCUT2D eigenvalue weighted by Crippen LogP contribution is -2.19. The molecule has 1 aliphatic carbocycles. The molecular weight excluding hydrogens is 164 g/mol. The first-order valence-electron chi connectivity index (χ1n) is 4.68. The predicted octanol–water partition coefficient (Wildman–Crippen LogP) is 1.84. The van der Waals surface area contributed by atoms with Gasteiger partial charge in [0.1, 0.15) is 0 Å². The van der Waals surface area contributed by atoms with Gasteiger partial charge in [0.2, 0.25) is 0 Å². The molecule has 0 atom stereocenters. The fourth-order valence-electron chi connectivity index (χ4n) is 1.38. The van der Waals surface area contributed by atoms with Crippen LogP contribution in [0.1, 0.15) is 19.3 Å². The Bertz CT molecular complexity index is 284. The second-order valence-corrected chi connectivity index (χ2v) is 3.52. The summed E-state index contributed by atoms with van der Waals surface area (Å²) in [5.41, 5.74) is 6.38. The average molecular weight is 178 g/mol. The van der Waals surface area contributed by atoms with Gasteiger partial charge in [-0.05, 0) is 24.8 Å². The van der Waals surface area contributed by atoms with Gasteiger partial charge >= 0.3 is 0 Å². The number of rotatable bonds is 3. The smallest absolute Gasteiger partial charge is 0.160 e. The molecule has 0 saturated heterocycles. The summed E-state index contributed by atoms with van der Waals surface area (Å²) in [5, 5.41) is 0. The number of ether oxygens (including phenoxy) is 1. The Morgan fingerprint density at radius 1 is 1.54 bits per heavy atom. The first kappa shape index (κ1) is 8.35. The molecule has 0 radical (unpaired) electrons. The van der Waals surface area contributed by atoms with Crippen molar-refractivity contribution in [3.8, 4) is 5.75 Å². The minimum atomic E-state index is 0.675. The molecule has 13 heavy (non-hydrogen) atoms. The van der Waals surface area contributed by atoms with Gasteiger partial charge in [-0.3, -0.25) is 4.98 Å². The van der Waals surface area contributed by atoms with E-state index in [-0.39, 0.29) is 0 Å². The second kappa shape index (κ2) is 3.64. The van der Waals surface area contributed by atoms with Gasteiger partial charge in [-0.2, -0.15) is 0 Å². The van der Waals surface area contributed by atoms with Crippen LogP contribution >= 0.6 is 0 Å². The van der Waals surface area contributed by atoms with Crippen molar-refractivity contribution in [2.24, 2.45) is 5.92 Å². The Kier molecular flexibility index (Phi) is 2.34. The zero-order valence-corrected chi connectivity index (χ0v) is 7.57. The number of nitrogens with zero attached hydrogens (tertiary/aromatic N) is 1. The summed E-state index contributed by atoms with van der Waals surface area (Å²) in [7, 11) is 0. The standard InChI is InChI=1S/C10H14N2O/c11-9-4-5-12-6-10(9)13-7-8-2-1-3-8/h4-6,8H,1-3,7H2,(H2,11,12). The van der Waals surface area contributed by atoms with Crippen LogP contribution in [0.2, 0.25) is 0 Å². The first-order chi connectivity index (χ1) is 6.36. The molecule has 0 spiro atoms. The van der Waals surface area contributed by atoms with Crippen LogP contribution in [-0.2, 0) is 0 Å². The third-order valence-corrected chi connectivity index (χ3v) is 2.52. The molecule has 0 unspecified atom stereocenters. The molecule has 0 bridgehead atoms. The topological polar surface area (TPSA) is 48.1 Å². The first-order valence-corrected chi connectivity index (χ1v) is 4.68. The van der Waals surface area contributed by atoms with Gasteiger partial charge in [0.15, 0.2) is 5.75 Å². The van der Waals surface area contributed by atoms with Crippen LogP contribution in [0.25, 0.3) is 0 Å². The summed E-state index contributed by atoms with van der Waals surface area (Å²) in [6.45, 7) is 0.788. The molecule has 1 aromatic rings. The summed E-state index contributed by atoms with van der Waals surface area (Å²) in [5.74, 6) is 1.45. The Morgan fingerprint density at radius 3 is 3.00 bits per heavy atom. The SMILES string of the molecule is Nc1ccncc1OCC1CCC1. The lowest BCUT2D eigenvalue weighted by molar-refractivity contribution is 0.181. The Balaban J connectivity index is 1.89. The number of pyridine rings is 1. The van der Waals surface area contributed by atoms with Crippen LogP contribution in [0.4, 0.5) is 5.69 Å². The minimum absolute atomic E-state index is 0.675. The predicted molar refractivity (Wildman–Crippen MR) is 51.5 cm³/mol. The third kappa shape index (κ3) is 1.91. The number of hydrogen-bond donors (Lipinski definition) is 1. The van der Waals surface area contributed by atoms with E-state index in [0.717, 1.165) is 18.3 Å². The van der Waals surface area contributed by atoms with Crippen molar-refractivity contribution in [2.45, 2.75) is 19.3 Å². The Hall–Kier alpha value is -1.25. The number of anilines is 1. The molecule has 1 heterocycles. The van der Waals surface area contributed by atoms with Gasteiger partial charge in [0.05, 0.1) is 18.5 Å². The van der Waals surface area contributed by atoms with E-state index in [1.54, 1.807) is 18.5 Å². The highest BCUT2D eigenvalue weighted by Crippen LogP contribution is 2.28. The average Bonchev–Trinajstić information content (AvgIpc) is 2.05. The molecule has 3 heteroatoms. The number of aromatic nitrogens is 1. The van der Waals surface area contributed by atoms with Gasteiger partial charge in [-0.15, -0.1) is 0 Å². The highest BCUT2D eigenvalue weighted by atomic mass is 16.5. The molecule has 2 N–H and O–H groups in total. The quantitative estimate of drug-likeness (QED) is 0.768. The van der Waals surface area contributed by atoms with E-state index < -0.39 is 0 Å². The summed E-state index contributed by atoms with van der Waals surface area (Å²) in [6, 6.07) is 1.76. The van der Waals surface area contributed by atoms with Crippen LogP contribution < -0.4 is 10.5 Å². The number of nitrogens with two attached hydrogens (primary N) is 1. The summed E-state index contributed by atoms with van der Waals surface area (Å²) < 4.78 is 5.55. The normalized spacial score (nSPS) is 16.6. The molecule has 1 fully saturated rings. The molecule has 0 aliphatic heterocycles. The Morgan fingerprint density at radius 2 is 2.38 bits per heavy atom. The van der Waals surface area contributed by atoms with Crippen molar-refractivity contribution < 1.29 is 4.74 Å². The molecule has 0 aromatic carbocycles. The van der Waals surface area contributed by atoms with E-state index in [1.807, 2.05) is 0 Å². The highest BCUT2D eigenvalue weighted by molar-refractivity contribution is 5.49. The molecular formula is C10H14N2O. The maximum absolute atomic E-state index is 5.70. The molecule has 70 valence electrons. The van der Waals surface area contributed by atoms with E-state index in [9.17, 15) is 0 Å². The maximum Gasteiger partial charge on any atom is 0.160 e. The van der Waals surface area contributed by atoms with Crippen LogP contribution in [-0.4, -0.2) is 11.6 Å². The molecule has 1 aromatic heterocycles. The molecule has 1 aliphatic rings. The van der Waals surface area contributed by atoms with E-state index in [2.05, 4.69) is 4.98 Å². The maximum atomic E-state index is 5.70. The lowest BCUT2D eigenvalue weighted by atomic mass is 9.86. The van der Waals surface area contributed by atoms with Crippen molar-refractivity contribution in [1.82, 2.24) is 4.98 Å². The number of hydrogen-bond acceptors (Lipinski definition) is 3. The summed E-state index contributed by atoms with van der Waals surface area (Å²) in [4.78, 5) is 3.96. The van der Waals surface area contributed by atoms with Crippen LogP contribution in [0.15, 0.2) is 18.5 Å². The molecule has 3 nitrogen and oxygen atoms in total. The summed E-state index contributed by atoms with van der Waals surface area (Å²) >= 11 is 0. The zero-order valence-electron chi connectivity index (χ0n) is 7.57. The van der Waals surface area contributed by atoms with Crippen molar-refractivity contribution in [1.29, 1.82) is 0 Å². The largest absolute Gasteiger partial charge is 0.490 e. The van der Waals surface area contributed by atoms with Crippen LogP contribution in [0.5, 0.6) is 5.75 Å². The van der Waals surface area contributed by atoms with Crippen molar-refractivity contribution in [2.75, 3.05) is 12.3 Å². The third-order valence-electron chi connectivity index (χ3n) is 2.52.